The highest BCUT2D eigenvalue weighted by Gasteiger charge is 2.08. The first-order chi connectivity index (χ1) is 6.09. The highest BCUT2D eigenvalue weighted by Crippen LogP contribution is 1.97. The lowest BCUT2D eigenvalue weighted by Gasteiger charge is -2.03. The van der Waals surface area contributed by atoms with E-state index in [0.29, 0.717) is 12.2 Å². The van der Waals surface area contributed by atoms with Gasteiger partial charge in [-0.15, -0.1) is 0 Å². The summed E-state index contributed by atoms with van der Waals surface area (Å²) in [5, 5.41) is 6.73. The molecule has 1 heterocycles. The van der Waals surface area contributed by atoms with Crippen molar-refractivity contribution in [2.75, 3.05) is 6.54 Å². The van der Waals surface area contributed by atoms with Gasteiger partial charge in [0.1, 0.15) is 5.69 Å². The Hall–Kier alpha value is -0.840. The van der Waals surface area contributed by atoms with Crippen LogP contribution in [0.15, 0.2) is 12.3 Å². The SMILES string of the molecule is CC(Br)CNC(=O)c1ccn(C)n1. The maximum Gasteiger partial charge on any atom is 0.271 e. The van der Waals surface area contributed by atoms with Crippen molar-refractivity contribution in [1.82, 2.24) is 15.1 Å². The van der Waals surface area contributed by atoms with E-state index in [0.717, 1.165) is 0 Å². The zero-order valence-electron chi connectivity index (χ0n) is 7.62. The lowest BCUT2D eigenvalue weighted by molar-refractivity contribution is 0.0948. The number of hydrogen-bond donors (Lipinski definition) is 1. The van der Waals surface area contributed by atoms with Crippen molar-refractivity contribution in [2.24, 2.45) is 7.05 Å². The number of nitrogens with one attached hydrogen (secondary N) is 1. The first-order valence-electron chi connectivity index (χ1n) is 4.01. The fraction of sp³-hybridized carbons (Fsp3) is 0.500. The number of carbonyl (C=O) groups is 1. The second kappa shape index (κ2) is 4.41. The summed E-state index contributed by atoms with van der Waals surface area (Å²) in [4.78, 5) is 11.6. The minimum absolute atomic E-state index is 0.132. The first-order valence-corrected chi connectivity index (χ1v) is 4.93. The topological polar surface area (TPSA) is 46.9 Å². The standard InChI is InChI=1S/C8H12BrN3O/c1-6(9)5-10-8(13)7-3-4-12(2)11-7/h3-4,6H,5H2,1-2H3,(H,10,13). The zero-order valence-corrected chi connectivity index (χ0v) is 9.21. The number of aromatic nitrogens is 2. The van der Waals surface area contributed by atoms with Gasteiger partial charge in [0.2, 0.25) is 0 Å². The fourth-order valence-corrected chi connectivity index (χ4v) is 1.02. The van der Waals surface area contributed by atoms with Crippen molar-refractivity contribution in [3.63, 3.8) is 0 Å². The molecule has 1 amide bonds. The van der Waals surface area contributed by atoms with Gasteiger partial charge in [-0.3, -0.25) is 9.48 Å². The molecule has 0 aromatic carbocycles. The summed E-state index contributed by atoms with van der Waals surface area (Å²) < 4.78 is 1.60. The Morgan fingerprint density at radius 1 is 1.85 bits per heavy atom. The summed E-state index contributed by atoms with van der Waals surface area (Å²) >= 11 is 3.34. The highest BCUT2D eigenvalue weighted by molar-refractivity contribution is 9.09. The normalized spacial score (nSPS) is 12.5. The maximum atomic E-state index is 11.4. The molecule has 1 unspecified atom stereocenters. The Bertz CT molecular complexity index is 295. The van der Waals surface area contributed by atoms with Crippen molar-refractivity contribution in [3.05, 3.63) is 18.0 Å². The van der Waals surface area contributed by atoms with Crippen LogP contribution in [0.2, 0.25) is 0 Å². The molecule has 1 aromatic heterocycles. The van der Waals surface area contributed by atoms with E-state index in [4.69, 9.17) is 0 Å². The number of carbonyl (C=O) groups excluding carboxylic acids is 1. The van der Waals surface area contributed by atoms with Crippen LogP contribution in [0.1, 0.15) is 17.4 Å². The van der Waals surface area contributed by atoms with E-state index in [1.54, 1.807) is 24.0 Å². The summed E-state index contributed by atoms with van der Waals surface area (Å²) in [6.45, 7) is 2.58. The fourth-order valence-electron chi connectivity index (χ4n) is 0.860. The predicted octanol–water partition coefficient (Wildman–Crippen LogP) is 0.933. The second-order valence-electron chi connectivity index (χ2n) is 2.87. The van der Waals surface area contributed by atoms with E-state index in [-0.39, 0.29) is 10.7 Å². The van der Waals surface area contributed by atoms with Crippen molar-refractivity contribution < 1.29 is 4.79 Å². The largest absolute Gasteiger partial charge is 0.350 e. The number of nitrogens with zero attached hydrogens (tertiary/aromatic N) is 2. The summed E-state index contributed by atoms with van der Waals surface area (Å²) in [6.07, 6.45) is 1.74. The summed E-state index contributed by atoms with van der Waals surface area (Å²) in [7, 11) is 1.78. The van der Waals surface area contributed by atoms with E-state index in [1.165, 1.54) is 0 Å². The predicted molar refractivity (Wildman–Crippen MR) is 53.9 cm³/mol. The number of amides is 1. The smallest absolute Gasteiger partial charge is 0.271 e. The average molecular weight is 246 g/mol. The van der Waals surface area contributed by atoms with E-state index >= 15 is 0 Å². The number of rotatable bonds is 3. The van der Waals surface area contributed by atoms with Gasteiger partial charge in [0, 0.05) is 24.6 Å². The molecule has 0 aliphatic heterocycles. The third-order valence-corrected chi connectivity index (χ3v) is 1.81. The summed E-state index contributed by atoms with van der Waals surface area (Å²) in [6, 6.07) is 1.69. The minimum atomic E-state index is -0.132. The van der Waals surface area contributed by atoms with Crippen LogP contribution in [0, 0.1) is 0 Å². The molecule has 1 aromatic rings. The van der Waals surface area contributed by atoms with Crippen molar-refractivity contribution in [3.8, 4) is 0 Å². The highest BCUT2D eigenvalue weighted by atomic mass is 79.9. The van der Waals surface area contributed by atoms with Gasteiger partial charge < -0.3 is 5.32 Å². The van der Waals surface area contributed by atoms with E-state index in [9.17, 15) is 4.79 Å². The van der Waals surface area contributed by atoms with Gasteiger partial charge in [0.05, 0.1) is 0 Å². The second-order valence-corrected chi connectivity index (χ2v) is 4.43. The Morgan fingerprint density at radius 2 is 2.54 bits per heavy atom. The van der Waals surface area contributed by atoms with Crippen LogP contribution in [0.3, 0.4) is 0 Å². The molecular formula is C8H12BrN3O. The van der Waals surface area contributed by atoms with Gasteiger partial charge in [-0.05, 0) is 6.07 Å². The molecule has 4 nitrogen and oxygen atoms in total. The molecule has 0 spiro atoms. The summed E-state index contributed by atoms with van der Waals surface area (Å²) in [5.74, 6) is -0.132. The van der Waals surface area contributed by atoms with Crippen LogP contribution >= 0.6 is 15.9 Å². The van der Waals surface area contributed by atoms with E-state index in [1.807, 2.05) is 6.92 Å². The number of alkyl halides is 1. The van der Waals surface area contributed by atoms with Crippen LogP contribution in [0.5, 0.6) is 0 Å². The Balaban J connectivity index is 2.49. The minimum Gasteiger partial charge on any atom is -0.350 e. The van der Waals surface area contributed by atoms with Gasteiger partial charge in [-0.25, -0.2) is 0 Å². The maximum absolute atomic E-state index is 11.4. The molecule has 0 radical (unpaired) electrons. The Morgan fingerprint density at radius 3 is 3.00 bits per heavy atom. The van der Waals surface area contributed by atoms with Crippen molar-refractivity contribution >= 4 is 21.8 Å². The van der Waals surface area contributed by atoms with Gasteiger partial charge >= 0.3 is 0 Å². The molecule has 0 saturated carbocycles. The quantitative estimate of drug-likeness (QED) is 0.806. The van der Waals surface area contributed by atoms with Crippen molar-refractivity contribution in [2.45, 2.75) is 11.8 Å². The Kier molecular flexibility index (Phi) is 3.48. The molecule has 13 heavy (non-hydrogen) atoms. The van der Waals surface area contributed by atoms with Crippen LogP contribution in [-0.4, -0.2) is 27.1 Å². The number of halogens is 1. The molecule has 0 aliphatic carbocycles. The van der Waals surface area contributed by atoms with Crippen LogP contribution in [0.25, 0.3) is 0 Å². The molecule has 1 rings (SSSR count). The van der Waals surface area contributed by atoms with Crippen LogP contribution in [0.4, 0.5) is 0 Å². The zero-order chi connectivity index (χ0) is 9.84. The van der Waals surface area contributed by atoms with Gasteiger partial charge in [-0.1, -0.05) is 22.9 Å². The lowest BCUT2D eigenvalue weighted by Crippen LogP contribution is -2.28. The average Bonchev–Trinajstić information content (AvgIpc) is 2.47. The number of aryl methyl sites for hydroxylation is 1. The molecule has 1 N–H and O–H groups in total. The molecule has 1 atom stereocenters. The molecule has 5 heteroatoms. The molecule has 72 valence electrons. The third kappa shape index (κ3) is 3.18. The molecular weight excluding hydrogens is 234 g/mol. The van der Waals surface area contributed by atoms with Crippen LogP contribution < -0.4 is 5.32 Å². The molecule has 0 aliphatic rings. The first kappa shape index (κ1) is 10.2. The van der Waals surface area contributed by atoms with Gasteiger partial charge in [0.25, 0.3) is 5.91 Å². The third-order valence-electron chi connectivity index (χ3n) is 1.49. The lowest BCUT2D eigenvalue weighted by atomic mass is 10.4. The van der Waals surface area contributed by atoms with Gasteiger partial charge in [-0.2, -0.15) is 5.10 Å². The monoisotopic (exact) mass is 245 g/mol. The molecule has 0 bridgehead atoms. The van der Waals surface area contributed by atoms with E-state index in [2.05, 4.69) is 26.3 Å². The molecule has 0 saturated heterocycles. The molecule has 0 fully saturated rings. The Labute approximate surface area is 85.4 Å². The summed E-state index contributed by atoms with van der Waals surface area (Å²) in [5.41, 5.74) is 0.454. The van der Waals surface area contributed by atoms with Gasteiger partial charge in [0.15, 0.2) is 0 Å². The van der Waals surface area contributed by atoms with Crippen molar-refractivity contribution in [1.29, 1.82) is 0 Å². The van der Waals surface area contributed by atoms with E-state index < -0.39 is 0 Å². The number of hydrogen-bond acceptors (Lipinski definition) is 2. The van der Waals surface area contributed by atoms with Crippen LogP contribution in [-0.2, 0) is 7.05 Å².